The molecule has 0 spiro atoms. The fourth-order valence-corrected chi connectivity index (χ4v) is 5.10. The number of fused-ring (bicyclic) bond motifs is 3. The zero-order chi connectivity index (χ0) is 24.0. The summed E-state index contributed by atoms with van der Waals surface area (Å²) in [4.78, 5) is 9.39. The monoisotopic (exact) mass is 464 g/mol. The van der Waals surface area contributed by atoms with Crippen LogP contribution in [0.3, 0.4) is 0 Å². The summed E-state index contributed by atoms with van der Waals surface area (Å²) in [5, 5.41) is 10.4. The van der Waals surface area contributed by atoms with Crippen LogP contribution in [0.1, 0.15) is 37.7 Å². The molecule has 7 heteroatoms. The molecule has 4 rings (SSSR count). The number of hydrogen-bond donors (Lipinski definition) is 1. The van der Waals surface area contributed by atoms with Crippen molar-refractivity contribution in [1.29, 1.82) is 0 Å². The van der Waals surface area contributed by atoms with Crippen molar-refractivity contribution in [3.63, 3.8) is 0 Å². The van der Waals surface area contributed by atoms with Gasteiger partial charge in [-0.2, -0.15) is 0 Å². The number of hydrogen-bond acceptors (Lipinski definition) is 4. The van der Waals surface area contributed by atoms with Crippen molar-refractivity contribution in [3.05, 3.63) is 53.6 Å². The Morgan fingerprint density at radius 1 is 1.06 bits per heavy atom. The number of rotatable bonds is 8. The maximum atomic E-state index is 10.4. The van der Waals surface area contributed by atoms with Gasteiger partial charge in [0.1, 0.15) is 12.6 Å². The van der Waals surface area contributed by atoms with E-state index in [1.807, 2.05) is 45.3 Å². The van der Waals surface area contributed by atoms with Gasteiger partial charge in [0.15, 0.2) is 5.65 Å². The third-order valence-electron chi connectivity index (χ3n) is 6.25. The fraction of sp³-hybridized carbons (Fsp3) is 0.462. The van der Waals surface area contributed by atoms with Gasteiger partial charge in [-0.1, -0.05) is 50.8 Å². The molecule has 3 aromatic heterocycles. The second kappa shape index (κ2) is 8.70. The molecule has 0 radical (unpaired) electrons. The van der Waals surface area contributed by atoms with Gasteiger partial charge >= 0.3 is 0 Å². The lowest BCUT2D eigenvalue weighted by Crippen LogP contribution is -2.22. The second-order valence-electron chi connectivity index (χ2n) is 10.6. The zero-order valence-electron chi connectivity index (χ0n) is 20.9. The largest absolute Gasteiger partial charge is 0.386 e. The van der Waals surface area contributed by atoms with Crippen LogP contribution in [0, 0.1) is 6.92 Å². The molecule has 0 bridgehead atoms. The Kier molecular flexibility index (Phi) is 6.24. The fourth-order valence-electron chi connectivity index (χ4n) is 4.34. The quantitative estimate of drug-likeness (QED) is 0.266. The zero-order valence-corrected chi connectivity index (χ0v) is 21.9. The molecule has 33 heavy (non-hydrogen) atoms. The first kappa shape index (κ1) is 23.7. The molecule has 6 nitrogen and oxygen atoms in total. The molecule has 0 fully saturated rings. The minimum absolute atomic E-state index is 0.454. The predicted octanol–water partition coefficient (Wildman–Crippen LogP) is 5.76. The Morgan fingerprint density at radius 2 is 1.73 bits per heavy atom. The highest BCUT2D eigenvalue weighted by molar-refractivity contribution is 6.76. The average Bonchev–Trinajstić information content (AvgIpc) is 3.27. The molecule has 3 heterocycles. The third kappa shape index (κ3) is 4.62. The van der Waals surface area contributed by atoms with Crippen LogP contribution < -0.4 is 0 Å². The second-order valence-corrected chi connectivity index (χ2v) is 16.2. The first-order valence-electron chi connectivity index (χ1n) is 11.8. The molecule has 0 aliphatic rings. The Labute approximate surface area is 197 Å². The summed E-state index contributed by atoms with van der Waals surface area (Å²) in [5.74, 6) is 0.952. The van der Waals surface area contributed by atoms with Crippen LogP contribution in [-0.4, -0.2) is 38.7 Å². The summed E-state index contributed by atoms with van der Waals surface area (Å²) >= 11 is 0. The molecule has 1 N–H and O–H groups in total. The normalized spacial score (nSPS) is 12.8. The lowest BCUT2D eigenvalue weighted by atomic mass is 9.96. The van der Waals surface area contributed by atoms with Crippen LogP contribution in [0.25, 0.3) is 27.9 Å². The molecular formula is C26H36N4O2Si. The van der Waals surface area contributed by atoms with Crippen molar-refractivity contribution in [1.82, 2.24) is 18.9 Å². The molecule has 0 amide bonds. The van der Waals surface area contributed by atoms with Gasteiger partial charge in [-0.25, -0.2) is 9.97 Å². The van der Waals surface area contributed by atoms with Crippen molar-refractivity contribution in [2.45, 2.75) is 72.1 Å². The van der Waals surface area contributed by atoms with Gasteiger partial charge in [-0.3, -0.25) is 8.97 Å². The van der Waals surface area contributed by atoms with E-state index in [9.17, 15) is 5.11 Å². The van der Waals surface area contributed by atoms with Crippen molar-refractivity contribution in [2.75, 3.05) is 6.61 Å². The lowest BCUT2D eigenvalue weighted by Gasteiger charge is -2.19. The van der Waals surface area contributed by atoms with Gasteiger partial charge in [0, 0.05) is 20.2 Å². The summed E-state index contributed by atoms with van der Waals surface area (Å²) in [5.41, 5.74) is 6.47. The average molecular weight is 465 g/mol. The molecule has 1 aromatic carbocycles. The van der Waals surface area contributed by atoms with E-state index in [2.05, 4.69) is 52.6 Å². The number of aliphatic hydroxyl groups is 1. The van der Waals surface area contributed by atoms with E-state index < -0.39 is 13.7 Å². The number of ether oxygens (including phenoxy) is 1. The van der Waals surface area contributed by atoms with Crippen molar-refractivity contribution >= 4 is 24.8 Å². The lowest BCUT2D eigenvalue weighted by molar-refractivity contribution is 0.0786. The molecule has 0 atom stereocenters. The van der Waals surface area contributed by atoms with E-state index in [1.165, 1.54) is 5.56 Å². The van der Waals surface area contributed by atoms with E-state index in [-0.39, 0.29) is 0 Å². The highest BCUT2D eigenvalue weighted by atomic mass is 28.3. The van der Waals surface area contributed by atoms with Crippen LogP contribution in [0.2, 0.25) is 25.7 Å². The van der Waals surface area contributed by atoms with Gasteiger partial charge in [0.05, 0.1) is 34.7 Å². The van der Waals surface area contributed by atoms with Gasteiger partial charge in [0.25, 0.3) is 0 Å². The molecule has 0 saturated heterocycles. The number of nitrogens with zero attached hydrogens (tertiary/aromatic N) is 4. The number of aryl methyl sites for hydroxylation is 2. The van der Waals surface area contributed by atoms with Crippen LogP contribution in [0.5, 0.6) is 0 Å². The number of aromatic nitrogens is 4. The minimum atomic E-state index is -1.17. The SMILES string of the molecule is CCc1c(-c2ccc(C(C)(C)O)cc2)n(COCC[Si](C)(C)C)c2ncc3cnc(C)n3c12. The van der Waals surface area contributed by atoms with E-state index in [4.69, 9.17) is 9.72 Å². The molecule has 0 aliphatic carbocycles. The summed E-state index contributed by atoms with van der Waals surface area (Å²) in [7, 11) is -1.17. The summed E-state index contributed by atoms with van der Waals surface area (Å²) in [6.07, 6.45) is 4.63. The Bertz CT molecular complexity index is 1270. The first-order chi connectivity index (χ1) is 15.5. The highest BCUT2D eigenvalue weighted by Crippen LogP contribution is 2.35. The van der Waals surface area contributed by atoms with Gasteiger partial charge in [0.2, 0.25) is 0 Å². The van der Waals surface area contributed by atoms with E-state index in [0.717, 1.165) is 58.4 Å². The van der Waals surface area contributed by atoms with Gasteiger partial charge in [-0.05, 0) is 44.4 Å². The Morgan fingerprint density at radius 3 is 2.33 bits per heavy atom. The summed E-state index contributed by atoms with van der Waals surface area (Å²) in [6.45, 7) is 16.1. The van der Waals surface area contributed by atoms with Crippen LogP contribution in [0.4, 0.5) is 0 Å². The van der Waals surface area contributed by atoms with Gasteiger partial charge in [-0.15, -0.1) is 0 Å². The minimum Gasteiger partial charge on any atom is -0.386 e. The molecular weight excluding hydrogens is 428 g/mol. The summed E-state index contributed by atoms with van der Waals surface area (Å²) in [6, 6.07) is 9.33. The number of imidazole rings is 1. The number of benzene rings is 1. The predicted molar refractivity (Wildman–Crippen MR) is 137 cm³/mol. The van der Waals surface area contributed by atoms with Crippen molar-refractivity contribution in [2.24, 2.45) is 0 Å². The van der Waals surface area contributed by atoms with Crippen molar-refractivity contribution < 1.29 is 9.84 Å². The van der Waals surface area contributed by atoms with E-state index in [0.29, 0.717) is 6.73 Å². The summed E-state index contributed by atoms with van der Waals surface area (Å²) < 4.78 is 10.6. The maximum absolute atomic E-state index is 10.4. The first-order valence-corrected chi connectivity index (χ1v) is 15.5. The smallest absolute Gasteiger partial charge is 0.159 e. The molecule has 0 aliphatic heterocycles. The third-order valence-corrected chi connectivity index (χ3v) is 7.96. The van der Waals surface area contributed by atoms with Crippen molar-refractivity contribution in [3.8, 4) is 11.3 Å². The Balaban J connectivity index is 1.89. The van der Waals surface area contributed by atoms with E-state index in [1.54, 1.807) is 0 Å². The van der Waals surface area contributed by atoms with Gasteiger partial charge < -0.3 is 9.84 Å². The molecule has 0 saturated carbocycles. The standard InChI is InChI=1S/C26H36N4O2Si/c1-8-22-23(19-9-11-20(12-10-19)26(3,4)31)29(17-32-13-14-33(5,6)7)25-24(22)30-18(2)27-15-21(30)16-28-25/h9-12,15-16,31H,8,13-14,17H2,1-7H3. The molecule has 176 valence electrons. The maximum Gasteiger partial charge on any atom is 0.159 e. The molecule has 4 aromatic rings. The van der Waals surface area contributed by atoms with Crippen LogP contribution in [-0.2, 0) is 23.5 Å². The topological polar surface area (TPSA) is 64.6 Å². The van der Waals surface area contributed by atoms with Crippen LogP contribution >= 0.6 is 0 Å². The Hall–Kier alpha value is -2.48. The van der Waals surface area contributed by atoms with Crippen LogP contribution in [0.15, 0.2) is 36.7 Å². The van der Waals surface area contributed by atoms with E-state index >= 15 is 0 Å². The molecule has 0 unspecified atom stereocenters. The highest BCUT2D eigenvalue weighted by Gasteiger charge is 2.23.